The zero-order chi connectivity index (χ0) is 20.2. The van der Waals surface area contributed by atoms with Crippen LogP contribution in [0.15, 0.2) is 41.8 Å². The summed E-state index contributed by atoms with van der Waals surface area (Å²) in [5.74, 6) is 0.0232. The highest BCUT2D eigenvalue weighted by molar-refractivity contribution is 7.10. The zero-order valence-electron chi connectivity index (χ0n) is 15.9. The Kier molecular flexibility index (Phi) is 6.46. The highest BCUT2D eigenvalue weighted by Crippen LogP contribution is 2.26. The van der Waals surface area contributed by atoms with E-state index in [1.165, 1.54) is 4.88 Å². The highest BCUT2D eigenvalue weighted by atomic mass is 35.5. The van der Waals surface area contributed by atoms with Gasteiger partial charge in [0.05, 0.1) is 23.3 Å². The van der Waals surface area contributed by atoms with Gasteiger partial charge in [0.1, 0.15) is 6.04 Å². The number of carbonyl (C=O) groups excluding carboxylic acids is 2. The first-order valence-corrected chi connectivity index (χ1v) is 11.0. The number of para-hydroxylation sites is 1. The summed E-state index contributed by atoms with van der Waals surface area (Å²) in [4.78, 5) is 30.3. The molecule has 2 unspecified atom stereocenters. The van der Waals surface area contributed by atoms with Crippen molar-refractivity contribution in [3.8, 4) is 0 Å². The van der Waals surface area contributed by atoms with Crippen LogP contribution >= 0.6 is 22.9 Å². The maximum Gasteiger partial charge on any atom is 0.241 e. The largest absolute Gasteiger partial charge is 0.339 e. The Morgan fingerprint density at radius 2 is 1.90 bits per heavy atom. The molecular weight excluding hydrogens is 410 g/mol. The molecule has 4 rings (SSSR count). The van der Waals surface area contributed by atoms with E-state index in [1.54, 1.807) is 23.5 Å². The molecular formula is C20H24ClN5O2S. The van der Waals surface area contributed by atoms with Gasteiger partial charge in [-0.3, -0.25) is 14.5 Å². The fourth-order valence-corrected chi connectivity index (χ4v) is 4.67. The lowest BCUT2D eigenvalue weighted by molar-refractivity contribution is -0.135. The van der Waals surface area contributed by atoms with Gasteiger partial charge in [-0.2, -0.15) is 0 Å². The third kappa shape index (κ3) is 4.96. The van der Waals surface area contributed by atoms with Gasteiger partial charge in [0.25, 0.3) is 0 Å². The Bertz CT molecular complexity index is 854. The van der Waals surface area contributed by atoms with E-state index in [4.69, 9.17) is 11.6 Å². The van der Waals surface area contributed by atoms with Crippen molar-refractivity contribution in [3.05, 3.63) is 51.7 Å². The standard InChI is InChI=1S/C20H24ClN5O2S/c21-14-4-1-2-5-15(14)22-19(27)13-25-7-9-26(10-8-25)20(28)17-12-16(23-24-17)18-6-3-11-29-18/h1-6,11,16-17,23-24H,7-10,12-13H2,(H,22,27). The Morgan fingerprint density at radius 3 is 2.62 bits per heavy atom. The van der Waals surface area contributed by atoms with E-state index in [-0.39, 0.29) is 30.4 Å². The van der Waals surface area contributed by atoms with Crippen LogP contribution in [0.1, 0.15) is 17.3 Å². The van der Waals surface area contributed by atoms with Crippen LogP contribution in [0.2, 0.25) is 5.02 Å². The molecule has 9 heteroatoms. The van der Waals surface area contributed by atoms with Gasteiger partial charge in [0.2, 0.25) is 11.8 Å². The second kappa shape index (κ2) is 9.23. The Hall–Kier alpha value is -1.97. The molecule has 29 heavy (non-hydrogen) atoms. The molecule has 3 heterocycles. The first-order chi connectivity index (χ1) is 14.1. The number of amides is 2. The van der Waals surface area contributed by atoms with Gasteiger partial charge in [0.15, 0.2) is 0 Å². The maximum atomic E-state index is 12.8. The number of nitrogens with zero attached hydrogens (tertiary/aromatic N) is 2. The molecule has 2 aromatic rings. The average Bonchev–Trinajstić information content (AvgIpc) is 3.41. The van der Waals surface area contributed by atoms with E-state index < -0.39 is 0 Å². The molecule has 154 valence electrons. The van der Waals surface area contributed by atoms with Crippen molar-refractivity contribution in [2.75, 3.05) is 38.0 Å². The number of hydrazine groups is 1. The van der Waals surface area contributed by atoms with Crippen molar-refractivity contribution in [1.29, 1.82) is 0 Å². The number of hydrogen-bond donors (Lipinski definition) is 3. The topological polar surface area (TPSA) is 76.7 Å². The molecule has 0 bridgehead atoms. The zero-order valence-corrected chi connectivity index (χ0v) is 17.5. The molecule has 1 aromatic carbocycles. The molecule has 1 aromatic heterocycles. The van der Waals surface area contributed by atoms with Crippen molar-refractivity contribution in [1.82, 2.24) is 20.7 Å². The fraction of sp³-hybridized carbons (Fsp3) is 0.400. The van der Waals surface area contributed by atoms with Gasteiger partial charge in [0, 0.05) is 31.1 Å². The smallest absolute Gasteiger partial charge is 0.241 e. The van der Waals surface area contributed by atoms with Gasteiger partial charge in [-0.05, 0) is 30.0 Å². The van der Waals surface area contributed by atoms with Gasteiger partial charge < -0.3 is 10.2 Å². The minimum absolute atomic E-state index is 0.0988. The van der Waals surface area contributed by atoms with Gasteiger partial charge in [-0.15, -0.1) is 11.3 Å². The summed E-state index contributed by atoms with van der Waals surface area (Å²) in [7, 11) is 0. The van der Waals surface area contributed by atoms with Crippen molar-refractivity contribution in [2.24, 2.45) is 0 Å². The number of anilines is 1. The highest BCUT2D eigenvalue weighted by Gasteiger charge is 2.34. The Labute approximate surface area is 179 Å². The number of halogens is 1. The van der Waals surface area contributed by atoms with E-state index in [1.807, 2.05) is 28.5 Å². The lowest BCUT2D eigenvalue weighted by Crippen LogP contribution is -2.54. The van der Waals surface area contributed by atoms with Crippen molar-refractivity contribution < 1.29 is 9.59 Å². The molecule has 0 aliphatic carbocycles. The lowest BCUT2D eigenvalue weighted by atomic mass is 10.1. The van der Waals surface area contributed by atoms with Crippen molar-refractivity contribution in [3.63, 3.8) is 0 Å². The third-order valence-corrected chi connectivity index (χ3v) is 6.60. The number of hydrogen-bond acceptors (Lipinski definition) is 6. The lowest BCUT2D eigenvalue weighted by Gasteiger charge is -2.35. The maximum absolute atomic E-state index is 12.8. The second-order valence-electron chi connectivity index (χ2n) is 7.27. The van der Waals surface area contributed by atoms with Crippen LogP contribution in [0.3, 0.4) is 0 Å². The van der Waals surface area contributed by atoms with Crippen LogP contribution in [0.25, 0.3) is 0 Å². The molecule has 2 aliphatic heterocycles. The SMILES string of the molecule is O=C(CN1CCN(C(=O)C2CC(c3cccs3)NN2)CC1)Nc1ccccc1Cl. The minimum atomic E-state index is -0.211. The van der Waals surface area contributed by atoms with Gasteiger partial charge >= 0.3 is 0 Å². The molecule has 0 radical (unpaired) electrons. The Balaban J connectivity index is 1.22. The fourth-order valence-electron chi connectivity index (χ4n) is 3.70. The van der Waals surface area contributed by atoms with Crippen LogP contribution in [0, 0.1) is 0 Å². The summed E-state index contributed by atoms with van der Waals surface area (Å²) in [6.07, 6.45) is 0.750. The molecule has 0 spiro atoms. The molecule has 2 aliphatic rings. The normalized spacial score (nSPS) is 22.6. The molecule has 2 atom stereocenters. The monoisotopic (exact) mass is 433 g/mol. The van der Waals surface area contributed by atoms with Crippen molar-refractivity contribution in [2.45, 2.75) is 18.5 Å². The molecule has 0 saturated carbocycles. The number of benzene rings is 1. The van der Waals surface area contributed by atoms with E-state index in [9.17, 15) is 9.59 Å². The minimum Gasteiger partial charge on any atom is -0.339 e. The number of rotatable bonds is 5. The predicted molar refractivity (Wildman–Crippen MR) is 115 cm³/mol. The van der Waals surface area contributed by atoms with Crippen LogP contribution in [0.4, 0.5) is 5.69 Å². The summed E-state index contributed by atoms with van der Waals surface area (Å²) < 4.78 is 0. The van der Waals surface area contributed by atoms with E-state index >= 15 is 0 Å². The van der Waals surface area contributed by atoms with Crippen LogP contribution in [0.5, 0.6) is 0 Å². The van der Waals surface area contributed by atoms with E-state index in [0.29, 0.717) is 36.9 Å². The Morgan fingerprint density at radius 1 is 1.10 bits per heavy atom. The predicted octanol–water partition coefficient (Wildman–Crippen LogP) is 2.09. The number of thiophene rings is 1. The summed E-state index contributed by atoms with van der Waals surface area (Å²) in [6.45, 7) is 2.89. The van der Waals surface area contributed by atoms with Gasteiger partial charge in [-0.1, -0.05) is 29.8 Å². The molecule has 2 fully saturated rings. The number of carbonyl (C=O) groups is 2. The first kappa shape index (κ1) is 20.3. The third-order valence-electron chi connectivity index (χ3n) is 5.29. The first-order valence-electron chi connectivity index (χ1n) is 9.70. The summed E-state index contributed by atoms with van der Waals surface area (Å²) in [5.41, 5.74) is 6.99. The average molecular weight is 434 g/mol. The van der Waals surface area contributed by atoms with Gasteiger partial charge in [-0.25, -0.2) is 10.9 Å². The number of nitrogens with one attached hydrogen (secondary N) is 3. The number of piperazine rings is 1. The molecule has 3 N–H and O–H groups in total. The van der Waals surface area contributed by atoms with Crippen LogP contribution in [-0.4, -0.2) is 60.4 Å². The summed E-state index contributed by atoms with van der Waals surface area (Å²) in [6, 6.07) is 11.3. The van der Waals surface area contributed by atoms with Crippen molar-refractivity contribution >= 4 is 40.4 Å². The van der Waals surface area contributed by atoms with Crippen LogP contribution < -0.4 is 16.2 Å². The molecule has 7 nitrogen and oxygen atoms in total. The molecule has 2 saturated heterocycles. The summed E-state index contributed by atoms with van der Waals surface area (Å²) in [5, 5.41) is 5.42. The van der Waals surface area contributed by atoms with E-state index in [2.05, 4.69) is 27.1 Å². The molecule has 2 amide bonds. The second-order valence-corrected chi connectivity index (χ2v) is 8.66. The quantitative estimate of drug-likeness (QED) is 0.673. The van der Waals surface area contributed by atoms with Crippen LogP contribution in [-0.2, 0) is 9.59 Å². The summed E-state index contributed by atoms with van der Waals surface area (Å²) >= 11 is 7.78. The van der Waals surface area contributed by atoms with E-state index in [0.717, 1.165) is 6.42 Å².